The van der Waals surface area contributed by atoms with E-state index < -0.39 is 10.8 Å². The zero-order valence-corrected chi connectivity index (χ0v) is 11.9. The summed E-state index contributed by atoms with van der Waals surface area (Å²) in [5, 5.41) is 3.75. The van der Waals surface area contributed by atoms with E-state index in [1.807, 2.05) is 6.07 Å². The van der Waals surface area contributed by atoms with Crippen molar-refractivity contribution in [3.63, 3.8) is 0 Å². The van der Waals surface area contributed by atoms with Gasteiger partial charge in [0, 0.05) is 40.6 Å². The molecule has 0 aromatic heterocycles. The number of benzene rings is 1. The molecule has 94 valence electrons. The zero-order valence-electron chi connectivity index (χ0n) is 9.53. The lowest BCUT2D eigenvalue weighted by molar-refractivity contribution is 0.685. The van der Waals surface area contributed by atoms with Crippen molar-refractivity contribution < 1.29 is 4.21 Å². The Morgan fingerprint density at radius 1 is 1.59 bits per heavy atom. The summed E-state index contributed by atoms with van der Waals surface area (Å²) in [6.07, 6.45) is 2.56. The molecule has 1 unspecified atom stereocenters. The molecule has 1 aromatic carbocycles. The summed E-state index contributed by atoms with van der Waals surface area (Å²) in [6.45, 7) is 0.766. The van der Waals surface area contributed by atoms with Gasteiger partial charge in [-0.25, -0.2) is 0 Å². The molecule has 0 spiro atoms. The molecule has 1 rings (SSSR count). The molecule has 6 heteroatoms. The second-order valence-electron chi connectivity index (χ2n) is 3.62. The third kappa shape index (κ3) is 5.02. The predicted molar refractivity (Wildman–Crippen MR) is 79.4 cm³/mol. The van der Waals surface area contributed by atoms with E-state index in [9.17, 15) is 4.21 Å². The molecule has 0 fully saturated rings. The van der Waals surface area contributed by atoms with Crippen LogP contribution in [0, 0.1) is 0 Å². The van der Waals surface area contributed by atoms with Crippen LogP contribution in [0.1, 0.15) is 12.0 Å². The van der Waals surface area contributed by atoms with Crippen molar-refractivity contribution in [1.82, 2.24) is 0 Å². The molecule has 0 radical (unpaired) electrons. The van der Waals surface area contributed by atoms with Gasteiger partial charge in [-0.3, -0.25) is 4.21 Å². The fraction of sp³-hybridized carbons (Fsp3) is 0.364. The van der Waals surface area contributed by atoms with Gasteiger partial charge in [0.25, 0.3) is 0 Å². The summed E-state index contributed by atoms with van der Waals surface area (Å²) in [5.41, 5.74) is 7.11. The number of anilines is 1. The molecular formula is C11H15ClN2OS2. The average Bonchev–Trinajstić information content (AvgIpc) is 2.23. The fourth-order valence-electron chi connectivity index (χ4n) is 1.33. The van der Waals surface area contributed by atoms with Crippen molar-refractivity contribution in [3.05, 3.63) is 28.8 Å². The number of thiocarbonyl (C=S) groups is 1. The summed E-state index contributed by atoms with van der Waals surface area (Å²) in [7, 11) is -0.737. The normalized spacial score (nSPS) is 12.1. The molecule has 3 N–H and O–H groups in total. The molecule has 0 aliphatic heterocycles. The molecular weight excluding hydrogens is 276 g/mol. The Bertz CT molecular complexity index is 437. The first-order valence-electron chi connectivity index (χ1n) is 5.14. The molecule has 3 nitrogen and oxygen atoms in total. The van der Waals surface area contributed by atoms with Gasteiger partial charge < -0.3 is 11.1 Å². The van der Waals surface area contributed by atoms with Crippen molar-refractivity contribution in [2.45, 2.75) is 6.42 Å². The van der Waals surface area contributed by atoms with Crippen LogP contribution in [0.3, 0.4) is 0 Å². The number of nitrogens with two attached hydrogens (primary N) is 1. The minimum Gasteiger partial charge on any atom is -0.389 e. The van der Waals surface area contributed by atoms with Gasteiger partial charge >= 0.3 is 0 Å². The van der Waals surface area contributed by atoms with Crippen LogP contribution in [-0.2, 0) is 10.8 Å². The minimum absolute atomic E-state index is 0.294. The van der Waals surface area contributed by atoms with E-state index in [0.717, 1.165) is 18.7 Å². The molecule has 0 amide bonds. The third-order valence-electron chi connectivity index (χ3n) is 2.17. The number of hydrogen-bond acceptors (Lipinski definition) is 3. The molecule has 0 aliphatic rings. The largest absolute Gasteiger partial charge is 0.389 e. The summed E-state index contributed by atoms with van der Waals surface area (Å²) >= 11 is 10.9. The molecule has 1 atom stereocenters. The lowest BCUT2D eigenvalue weighted by Gasteiger charge is -2.08. The minimum atomic E-state index is -0.737. The highest BCUT2D eigenvalue weighted by molar-refractivity contribution is 7.84. The highest BCUT2D eigenvalue weighted by atomic mass is 35.5. The molecule has 0 heterocycles. The lowest BCUT2D eigenvalue weighted by Crippen LogP contribution is -2.10. The summed E-state index contributed by atoms with van der Waals surface area (Å²) in [6, 6.07) is 5.47. The number of hydrogen-bond donors (Lipinski definition) is 2. The van der Waals surface area contributed by atoms with E-state index in [2.05, 4.69) is 5.32 Å². The predicted octanol–water partition coefficient (Wildman–Crippen LogP) is 2.15. The van der Waals surface area contributed by atoms with Crippen LogP contribution in [0.15, 0.2) is 18.2 Å². The highest BCUT2D eigenvalue weighted by Crippen LogP contribution is 2.20. The first-order chi connectivity index (χ1) is 8.00. The second-order valence-corrected chi connectivity index (χ2v) is 6.02. The van der Waals surface area contributed by atoms with Crippen LogP contribution in [0.25, 0.3) is 0 Å². The van der Waals surface area contributed by atoms with Gasteiger partial charge in [0.1, 0.15) is 4.99 Å². The lowest BCUT2D eigenvalue weighted by atomic mass is 10.2. The van der Waals surface area contributed by atoms with Crippen LogP contribution in [0.5, 0.6) is 0 Å². The second kappa shape index (κ2) is 6.93. The topological polar surface area (TPSA) is 55.1 Å². The SMILES string of the molecule is CS(=O)CCCNc1ccc(C(N)=S)c(Cl)c1. The third-order valence-corrected chi connectivity index (χ3v) is 3.57. The molecule has 0 saturated heterocycles. The maximum Gasteiger partial charge on any atom is 0.105 e. The first-order valence-corrected chi connectivity index (χ1v) is 7.65. The number of halogens is 1. The van der Waals surface area contributed by atoms with Crippen LogP contribution < -0.4 is 11.1 Å². The Morgan fingerprint density at radius 2 is 2.29 bits per heavy atom. The van der Waals surface area contributed by atoms with Crippen molar-refractivity contribution in [3.8, 4) is 0 Å². The highest BCUT2D eigenvalue weighted by Gasteiger charge is 2.03. The van der Waals surface area contributed by atoms with E-state index in [1.165, 1.54) is 0 Å². The Balaban J connectivity index is 2.53. The Hall–Kier alpha value is -0.650. The monoisotopic (exact) mass is 290 g/mol. The van der Waals surface area contributed by atoms with Crippen molar-refractivity contribution >= 4 is 45.3 Å². The number of rotatable bonds is 6. The van der Waals surface area contributed by atoms with Gasteiger partial charge in [-0.15, -0.1) is 0 Å². The van der Waals surface area contributed by atoms with Gasteiger partial charge in [0.05, 0.1) is 5.02 Å². The van der Waals surface area contributed by atoms with E-state index in [4.69, 9.17) is 29.6 Å². The molecule has 0 bridgehead atoms. The van der Waals surface area contributed by atoms with E-state index >= 15 is 0 Å². The van der Waals surface area contributed by atoms with E-state index in [-0.39, 0.29) is 0 Å². The molecule has 0 saturated carbocycles. The van der Waals surface area contributed by atoms with Crippen LogP contribution in [0.2, 0.25) is 5.02 Å². The smallest absolute Gasteiger partial charge is 0.105 e. The van der Waals surface area contributed by atoms with Gasteiger partial charge in [0.2, 0.25) is 0 Å². The van der Waals surface area contributed by atoms with Gasteiger partial charge in [0.15, 0.2) is 0 Å². The number of nitrogens with one attached hydrogen (secondary N) is 1. The fourth-order valence-corrected chi connectivity index (χ4v) is 2.40. The van der Waals surface area contributed by atoms with Crippen molar-refractivity contribution in [1.29, 1.82) is 0 Å². The van der Waals surface area contributed by atoms with Crippen LogP contribution >= 0.6 is 23.8 Å². The van der Waals surface area contributed by atoms with Gasteiger partial charge in [-0.2, -0.15) is 0 Å². The standard InChI is InChI=1S/C11H15ClN2OS2/c1-17(15)6-2-5-14-8-3-4-9(11(13)16)10(12)7-8/h3-4,7,14H,2,5-6H2,1H3,(H2,13,16). The average molecular weight is 291 g/mol. The Kier molecular flexibility index (Phi) is 5.88. The maximum absolute atomic E-state index is 10.9. The van der Waals surface area contributed by atoms with Gasteiger partial charge in [-0.05, 0) is 24.6 Å². The summed E-state index contributed by atoms with van der Waals surface area (Å²) in [5.74, 6) is 0.700. The quantitative estimate of drug-likeness (QED) is 0.623. The molecule has 1 aromatic rings. The Labute approximate surface area is 114 Å². The van der Waals surface area contributed by atoms with Crippen molar-refractivity contribution in [2.75, 3.05) is 23.9 Å². The van der Waals surface area contributed by atoms with Gasteiger partial charge in [-0.1, -0.05) is 23.8 Å². The zero-order chi connectivity index (χ0) is 12.8. The van der Waals surface area contributed by atoms with Crippen molar-refractivity contribution in [2.24, 2.45) is 5.73 Å². The Morgan fingerprint density at radius 3 is 2.82 bits per heavy atom. The summed E-state index contributed by atoms with van der Waals surface area (Å²) in [4.78, 5) is 0.294. The molecule has 17 heavy (non-hydrogen) atoms. The van der Waals surface area contributed by atoms with Crippen LogP contribution in [0.4, 0.5) is 5.69 Å². The van der Waals surface area contributed by atoms with Crippen LogP contribution in [-0.4, -0.2) is 27.8 Å². The van der Waals surface area contributed by atoms with E-state index in [1.54, 1.807) is 18.4 Å². The summed E-state index contributed by atoms with van der Waals surface area (Å²) < 4.78 is 10.9. The first kappa shape index (κ1) is 14.4. The molecule has 0 aliphatic carbocycles. The van der Waals surface area contributed by atoms with E-state index in [0.29, 0.717) is 21.3 Å². The maximum atomic E-state index is 10.9.